The number of nitrogens with zero attached hydrogens (tertiary/aromatic N) is 1. The fraction of sp³-hybridized carbons (Fsp3) is 0.583. The number of aromatic nitrogens is 1. The number of nitrogens with one attached hydrogen (secondary N) is 1. The van der Waals surface area contributed by atoms with E-state index in [1.165, 1.54) is 11.8 Å². The molecule has 0 fully saturated rings. The second-order valence-electron chi connectivity index (χ2n) is 4.59. The third kappa shape index (κ3) is 4.83. The molecule has 0 radical (unpaired) electrons. The average Bonchev–Trinajstić information content (AvgIpc) is 2.68. The Labute approximate surface area is 120 Å². The standard InChI is InChI=1S/C12H18N2O3S2/c1-6(2)7(3)13-9(15)5-18-12-14-8(4)10(19-12)11(16)17/h6-7H,5H2,1-4H3,(H,13,15)(H,16,17). The van der Waals surface area contributed by atoms with E-state index in [2.05, 4.69) is 10.3 Å². The molecule has 1 amide bonds. The molecule has 1 rings (SSSR count). The summed E-state index contributed by atoms with van der Waals surface area (Å²) in [5.74, 6) is -0.395. The van der Waals surface area contributed by atoms with Gasteiger partial charge in [-0.3, -0.25) is 4.79 Å². The van der Waals surface area contributed by atoms with Crippen molar-refractivity contribution in [1.82, 2.24) is 10.3 Å². The highest BCUT2D eigenvalue weighted by molar-refractivity contribution is 8.01. The Hall–Kier alpha value is -1.08. The lowest BCUT2D eigenvalue weighted by Gasteiger charge is -2.16. The first-order chi connectivity index (χ1) is 8.81. The summed E-state index contributed by atoms with van der Waals surface area (Å²) in [6.07, 6.45) is 0. The highest BCUT2D eigenvalue weighted by atomic mass is 32.2. The number of thiazole rings is 1. The molecule has 1 aromatic rings. The molecule has 0 aliphatic heterocycles. The van der Waals surface area contributed by atoms with Gasteiger partial charge in [-0.1, -0.05) is 25.6 Å². The molecule has 0 saturated carbocycles. The van der Waals surface area contributed by atoms with Gasteiger partial charge in [0, 0.05) is 6.04 Å². The topological polar surface area (TPSA) is 79.3 Å². The maximum Gasteiger partial charge on any atom is 0.347 e. The van der Waals surface area contributed by atoms with E-state index in [1.54, 1.807) is 6.92 Å². The summed E-state index contributed by atoms with van der Waals surface area (Å²) in [5.41, 5.74) is 0.496. The van der Waals surface area contributed by atoms with E-state index >= 15 is 0 Å². The van der Waals surface area contributed by atoms with E-state index < -0.39 is 5.97 Å². The van der Waals surface area contributed by atoms with Gasteiger partial charge < -0.3 is 10.4 Å². The number of rotatable bonds is 6. The first-order valence-electron chi connectivity index (χ1n) is 5.94. The zero-order valence-corrected chi connectivity index (χ0v) is 13.0. The van der Waals surface area contributed by atoms with Gasteiger partial charge in [0.2, 0.25) is 5.91 Å². The Morgan fingerprint density at radius 3 is 2.53 bits per heavy atom. The van der Waals surface area contributed by atoms with Crippen molar-refractivity contribution in [2.45, 2.75) is 38.1 Å². The van der Waals surface area contributed by atoms with Crippen LogP contribution in [-0.4, -0.2) is 33.8 Å². The second-order valence-corrected chi connectivity index (χ2v) is 6.81. The van der Waals surface area contributed by atoms with Gasteiger partial charge in [-0.05, 0) is 19.8 Å². The molecule has 1 aromatic heterocycles. The van der Waals surface area contributed by atoms with Crippen LogP contribution < -0.4 is 5.32 Å². The molecule has 19 heavy (non-hydrogen) atoms. The smallest absolute Gasteiger partial charge is 0.347 e. The summed E-state index contributed by atoms with van der Waals surface area (Å²) < 4.78 is 0.613. The van der Waals surface area contributed by atoms with Crippen LogP contribution in [0.15, 0.2) is 4.34 Å². The molecule has 0 spiro atoms. The van der Waals surface area contributed by atoms with Crippen LogP contribution in [0, 0.1) is 12.8 Å². The van der Waals surface area contributed by atoms with Crippen LogP contribution in [0.2, 0.25) is 0 Å². The molecule has 0 saturated heterocycles. The van der Waals surface area contributed by atoms with E-state index in [1.807, 2.05) is 20.8 Å². The van der Waals surface area contributed by atoms with Crippen molar-refractivity contribution in [3.63, 3.8) is 0 Å². The van der Waals surface area contributed by atoms with Gasteiger partial charge in [-0.25, -0.2) is 9.78 Å². The van der Waals surface area contributed by atoms with Crippen LogP contribution in [-0.2, 0) is 4.79 Å². The van der Waals surface area contributed by atoms with Crippen LogP contribution in [0.4, 0.5) is 0 Å². The van der Waals surface area contributed by atoms with Crippen molar-refractivity contribution in [3.8, 4) is 0 Å². The normalized spacial score (nSPS) is 12.5. The largest absolute Gasteiger partial charge is 0.477 e. The fourth-order valence-corrected chi connectivity index (χ4v) is 3.06. The molecule has 0 aliphatic rings. The van der Waals surface area contributed by atoms with Crippen molar-refractivity contribution in [2.75, 3.05) is 5.75 Å². The second kappa shape index (κ2) is 6.91. The lowest BCUT2D eigenvalue weighted by molar-refractivity contribution is -0.119. The van der Waals surface area contributed by atoms with Crippen LogP contribution >= 0.6 is 23.1 Å². The molecule has 5 nitrogen and oxygen atoms in total. The first-order valence-corrected chi connectivity index (χ1v) is 7.74. The first kappa shape index (κ1) is 16.0. The van der Waals surface area contributed by atoms with E-state index in [0.717, 1.165) is 11.3 Å². The molecule has 1 heterocycles. The monoisotopic (exact) mass is 302 g/mol. The predicted molar refractivity (Wildman–Crippen MR) is 77.0 cm³/mol. The Bertz CT molecular complexity index is 472. The summed E-state index contributed by atoms with van der Waals surface area (Å²) in [5, 5.41) is 11.8. The van der Waals surface area contributed by atoms with Crippen molar-refractivity contribution in [1.29, 1.82) is 0 Å². The number of carboxylic acids is 1. The maximum atomic E-state index is 11.7. The third-order valence-corrected chi connectivity index (χ3v) is 4.97. The number of carboxylic acid groups (broad SMARTS) is 1. The van der Waals surface area contributed by atoms with Gasteiger partial charge in [-0.15, -0.1) is 11.3 Å². The summed E-state index contributed by atoms with van der Waals surface area (Å²) in [6, 6.07) is 0.126. The Balaban J connectivity index is 2.51. The van der Waals surface area contributed by atoms with Crippen LogP contribution in [0.1, 0.15) is 36.1 Å². The van der Waals surface area contributed by atoms with Gasteiger partial charge in [0.15, 0.2) is 4.34 Å². The highest BCUT2D eigenvalue weighted by Crippen LogP contribution is 2.26. The zero-order valence-electron chi connectivity index (χ0n) is 11.4. The van der Waals surface area contributed by atoms with Crippen molar-refractivity contribution >= 4 is 35.0 Å². The molecule has 2 N–H and O–H groups in total. The van der Waals surface area contributed by atoms with Gasteiger partial charge in [0.1, 0.15) is 4.88 Å². The molecule has 0 aromatic carbocycles. The van der Waals surface area contributed by atoms with E-state index in [-0.39, 0.29) is 22.6 Å². The fourth-order valence-electron chi connectivity index (χ4n) is 1.22. The van der Waals surface area contributed by atoms with Crippen molar-refractivity contribution in [3.05, 3.63) is 10.6 Å². The van der Waals surface area contributed by atoms with E-state index in [9.17, 15) is 9.59 Å². The maximum absolute atomic E-state index is 11.7. The highest BCUT2D eigenvalue weighted by Gasteiger charge is 2.16. The number of aromatic carboxylic acids is 1. The Kier molecular flexibility index (Phi) is 5.81. The van der Waals surface area contributed by atoms with Gasteiger partial charge in [-0.2, -0.15) is 0 Å². The van der Waals surface area contributed by atoms with Crippen molar-refractivity contribution < 1.29 is 14.7 Å². The number of aryl methyl sites for hydroxylation is 1. The number of carbonyl (C=O) groups excluding carboxylic acids is 1. The number of hydrogen-bond donors (Lipinski definition) is 2. The summed E-state index contributed by atoms with van der Waals surface area (Å²) >= 11 is 2.37. The molecule has 1 atom stereocenters. The summed E-state index contributed by atoms with van der Waals surface area (Å²) in [7, 11) is 0. The lowest BCUT2D eigenvalue weighted by atomic mass is 10.1. The number of amides is 1. The van der Waals surface area contributed by atoms with E-state index in [4.69, 9.17) is 5.11 Å². The van der Waals surface area contributed by atoms with Gasteiger partial charge in [0.25, 0.3) is 0 Å². The molecule has 1 unspecified atom stereocenters. The molecular formula is C12H18N2O3S2. The third-order valence-electron chi connectivity index (χ3n) is 2.69. The average molecular weight is 302 g/mol. The molecular weight excluding hydrogens is 284 g/mol. The Morgan fingerprint density at radius 2 is 2.05 bits per heavy atom. The number of carbonyl (C=O) groups is 2. The van der Waals surface area contributed by atoms with Crippen LogP contribution in [0.3, 0.4) is 0 Å². The van der Waals surface area contributed by atoms with Gasteiger partial charge >= 0.3 is 5.97 Å². The van der Waals surface area contributed by atoms with Crippen molar-refractivity contribution in [2.24, 2.45) is 5.92 Å². The van der Waals surface area contributed by atoms with E-state index in [0.29, 0.717) is 16.0 Å². The lowest BCUT2D eigenvalue weighted by Crippen LogP contribution is -2.37. The minimum absolute atomic E-state index is 0.0593. The minimum atomic E-state index is -0.972. The number of thioether (sulfide) groups is 1. The Morgan fingerprint density at radius 1 is 1.42 bits per heavy atom. The molecule has 0 bridgehead atoms. The van der Waals surface area contributed by atoms with Gasteiger partial charge in [0.05, 0.1) is 11.4 Å². The SMILES string of the molecule is Cc1nc(SCC(=O)NC(C)C(C)C)sc1C(=O)O. The summed E-state index contributed by atoms with van der Waals surface area (Å²) in [6.45, 7) is 7.71. The summed E-state index contributed by atoms with van der Waals surface area (Å²) in [4.78, 5) is 26.9. The minimum Gasteiger partial charge on any atom is -0.477 e. The molecule has 0 aliphatic carbocycles. The number of hydrogen-bond acceptors (Lipinski definition) is 5. The molecule has 106 valence electrons. The quantitative estimate of drug-likeness (QED) is 0.789. The predicted octanol–water partition coefficient (Wildman–Crippen LogP) is 2.40. The molecule has 7 heteroatoms. The van der Waals surface area contributed by atoms with Crippen LogP contribution in [0.5, 0.6) is 0 Å². The van der Waals surface area contributed by atoms with Crippen LogP contribution in [0.25, 0.3) is 0 Å². The zero-order chi connectivity index (χ0) is 14.6.